The Kier molecular flexibility index (Phi) is 7.53. The highest BCUT2D eigenvalue weighted by Crippen LogP contribution is 2.57. The maximum Gasteiger partial charge on any atom is 0.323 e. The summed E-state index contributed by atoms with van der Waals surface area (Å²) in [5, 5.41) is 0. The van der Waals surface area contributed by atoms with E-state index in [1.807, 2.05) is 0 Å². The summed E-state index contributed by atoms with van der Waals surface area (Å²) < 4.78 is 5.12. The number of carbonyl (C=O) groups excluding carboxylic acids is 1. The first-order valence-corrected chi connectivity index (χ1v) is 14.1. The first-order chi connectivity index (χ1) is 16.1. The first kappa shape index (κ1) is 25.7. The van der Waals surface area contributed by atoms with Crippen LogP contribution in [0, 0.1) is 23.2 Å². The molecule has 1 aliphatic carbocycles. The maximum absolute atomic E-state index is 12.3. The van der Waals surface area contributed by atoms with Crippen LogP contribution in [-0.2, 0) is 9.53 Å². The third-order valence-electron chi connectivity index (χ3n) is 9.26. The molecule has 0 aromatic carbocycles. The summed E-state index contributed by atoms with van der Waals surface area (Å²) in [4.78, 5) is 23.0. The number of allylic oxidation sites excluding steroid dienone is 1. The highest BCUT2D eigenvalue weighted by atomic mass is 16.5. The van der Waals surface area contributed by atoms with E-state index in [0.29, 0.717) is 17.8 Å². The predicted octanol–water partition coefficient (Wildman–Crippen LogP) is 6.04. The van der Waals surface area contributed by atoms with E-state index in [4.69, 9.17) is 9.73 Å². The van der Waals surface area contributed by atoms with Gasteiger partial charge in [0.1, 0.15) is 11.9 Å². The molecule has 0 spiro atoms. The zero-order valence-corrected chi connectivity index (χ0v) is 23.0. The average Bonchev–Trinajstić information content (AvgIpc) is 3.40. The molecule has 3 fully saturated rings. The molecule has 0 amide bonds. The number of carbonyl (C=O) groups is 1. The SMILES string of the molecule is CCCCCC1CCC(C)(C)C2=C3C[C@H](CN4CCCC4C(=O)OC)CN3C(C(C)C)=N[C@@]21C. The van der Waals surface area contributed by atoms with Crippen molar-refractivity contribution in [2.24, 2.45) is 28.2 Å². The molecule has 0 radical (unpaired) electrons. The molecular formula is C29H49N3O2. The van der Waals surface area contributed by atoms with Crippen LogP contribution in [0.5, 0.6) is 0 Å². The number of amidine groups is 1. The van der Waals surface area contributed by atoms with E-state index in [0.717, 1.165) is 38.9 Å². The Morgan fingerprint density at radius 2 is 1.97 bits per heavy atom. The van der Waals surface area contributed by atoms with Gasteiger partial charge < -0.3 is 9.64 Å². The maximum atomic E-state index is 12.3. The van der Waals surface area contributed by atoms with Gasteiger partial charge in [-0.15, -0.1) is 0 Å². The number of likely N-dealkylation sites (tertiary alicyclic amines) is 1. The van der Waals surface area contributed by atoms with E-state index in [1.54, 1.807) is 11.3 Å². The van der Waals surface area contributed by atoms with Crippen LogP contribution in [0.1, 0.15) is 99.3 Å². The number of methoxy groups -OCH3 is 1. The molecule has 2 saturated heterocycles. The lowest BCUT2D eigenvalue weighted by Gasteiger charge is -2.53. The van der Waals surface area contributed by atoms with Crippen LogP contribution < -0.4 is 0 Å². The molecule has 4 aliphatic rings. The number of ether oxygens (including phenoxy) is 1. The van der Waals surface area contributed by atoms with Crippen LogP contribution in [0.3, 0.4) is 0 Å². The lowest BCUT2D eigenvalue weighted by Crippen LogP contribution is -2.52. The van der Waals surface area contributed by atoms with E-state index >= 15 is 0 Å². The highest BCUT2D eigenvalue weighted by molar-refractivity contribution is 5.88. The Morgan fingerprint density at radius 3 is 2.65 bits per heavy atom. The minimum absolute atomic E-state index is 0.0575. The summed E-state index contributed by atoms with van der Waals surface area (Å²) in [6, 6.07) is -0.0575. The van der Waals surface area contributed by atoms with Gasteiger partial charge in [0, 0.05) is 24.7 Å². The van der Waals surface area contributed by atoms with Crippen LogP contribution in [0.2, 0.25) is 0 Å². The number of aliphatic imine (C=N–C) groups is 1. The Labute approximate surface area is 208 Å². The number of nitrogens with zero attached hydrogens (tertiary/aromatic N) is 3. The van der Waals surface area contributed by atoms with Gasteiger partial charge in [-0.3, -0.25) is 14.7 Å². The van der Waals surface area contributed by atoms with Crippen molar-refractivity contribution in [1.82, 2.24) is 9.80 Å². The van der Waals surface area contributed by atoms with Crippen LogP contribution in [0.25, 0.3) is 0 Å². The van der Waals surface area contributed by atoms with E-state index in [-0.39, 0.29) is 23.0 Å². The summed E-state index contributed by atoms with van der Waals surface area (Å²) >= 11 is 0. The molecule has 5 nitrogen and oxygen atoms in total. The Balaban J connectivity index is 1.65. The molecular weight excluding hydrogens is 422 g/mol. The van der Waals surface area contributed by atoms with Gasteiger partial charge in [-0.05, 0) is 74.8 Å². The van der Waals surface area contributed by atoms with Gasteiger partial charge in [-0.1, -0.05) is 53.9 Å². The standard InChI is InChI=1S/C29H49N3O2/c1-8-9-10-12-22-14-15-28(4,5)25-24-17-21(18-31-16-11-13-23(31)27(33)34-7)19-32(24)26(20(2)3)30-29(22,25)6/h20-23H,8-19H2,1-7H3/t21-,22?,23?,29-/m1/s1. The fourth-order valence-corrected chi connectivity index (χ4v) is 7.65. The molecule has 1 saturated carbocycles. The molecule has 3 aliphatic heterocycles. The van der Waals surface area contributed by atoms with Gasteiger partial charge in [0.05, 0.1) is 12.6 Å². The number of esters is 1. The topological polar surface area (TPSA) is 45.1 Å². The number of rotatable bonds is 8. The molecule has 0 bridgehead atoms. The predicted molar refractivity (Wildman–Crippen MR) is 140 cm³/mol. The van der Waals surface area contributed by atoms with Crippen molar-refractivity contribution in [3.8, 4) is 0 Å². The molecule has 4 rings (SSSR count). The molecule has 34 heavy (non-hydrogen) atoms. The van der Waals surface area contributed by atoms with Crippen LogP contribution in [0.15, 0.2) is 16.3 Å². The fraction of sp³-hybridized carbons (Fsp3) is 0.862. The second kappa shape index (κ2) is 9.95. The number of fused-ring (bicyclic) bond motifs is 2. The molecule has 2 unspecified atom stereocenters. The van der Waals surface area contributed by atoms with Gasteiger partial charge in [-0.25, -0.2) is 0 Å². The van der Waals surface area contributed by atoms with Crippen molar-refractivity contribution >= 4 is 11.8 Å². The lowest BCUT2D eigenvalue weighted by molar-refractivity contribution is -0.146. The minimum atomic E-state index is -0.0714. The Morgan fingerprint density at radius 1 is 1.21 bits per heavy atom. The van der Waals surface area contributed by atoms with E-state index in [1.165, 1.54) is 51.5 Å². The third-order valence-corrected chi connectivity index (χ3v) is 9.26. The average molecular weight is 472 g/mol. The monoisotopic (exact) mass is 471 g/mol. The van der Waals surface area contributed by atoms with E-state index in [2.05, 4.69) is 51.3 Å². The van der Waals surface area contributed by atoms with Crippen LogP contribution in [0.4, 0.5) is 0 Å². The molecule has 192 valence electrons. The van der Waals surface area contributed by atoms with Gasteiger partial charge in [0.2, 0.25) is 0 Å². The lowest BCUT2D eigenvalue weighted by atomic mass is 9.57. The zero-order chi connectivity index (χ0) is 24.7. The van der Waals surface area contributed by atoms with Crippen LogP contribution in [-0.4, -0.2) is 59.9 Å². The molecule has 5 heteroatoms. The number of hydrogen-bond donors (Lipinski definition) is 0. The van der Waals surface area contributed by atoms with Crippen LogP contribution >= 0.6 is 0 Å². The normalized spacial score (nSPS) is 33.2. The summed E-state index contributed by atoms with van der Waals surface area (Å²) in [5.41, 5.74) is 3.32. The summed E-state index contributed by atoms with van der Waals surface area (Å²) in [6.45, 7) is 17.3. The van der Waals surface area contributed by atoms with Gasteiger partial charge in [0.25, 0.3) is 0 Å². The molecule has 3 heterocycles. The second-order valence-corrected chi connectivity index (χ2v) is 12.6. The first-order valence-electron chi connectivity index (χ1n) is 14.1. The van der Waals surface area contributed by atoms with Gasteiger partial charge >= 0.3 is 5.97 Å². The largest absolute Gasteiger partial charge is 0.468 e. The van der Waals surface area contributed by atoms with Crippen molar-refractivity contribution < 1.29 is 9.53 Å². The van der Waals surface area contributed by atoms with Gasteiger partial charge in [-0.2, -0.15) is 0 Å². The van der Waals surface area contributed by atoms with E-state index in [9.17, 15) is 4.79 Å². The van der Waals surface area contributed by atoms with Crippen molar-refractivity contribution in [2.75, 3.05) is 26.7 Å². The smallest absolute Gasteiger partial charge is 0.323 e. The fourth-order valence-electron chi connectivity index (χ4n) is 7.65. The summed E-state index contributed by atoms with van der Waals surface area (Å²) in [7, 11) is 1.52. The Bertz CT molecular complexity index is 829. The molecule has 4 atom stereocenters. The zero-order valence-electron chi connectivity index (χ0n) is 23.0. The summed E-state index contributed by atoms with van der Waals surface area (Å²) in [5.74, 6) is 2.84. The molecule has 0 aromatic rings. The van der Waals surface area contributed by atoms with Crippen molar-refractivity contribution in [3.05, 3.63) is 11.3 Å². The second-order valence-electron chi connectivity index (χ2n) is 12.6. The Hall–Kier alpha value is -1.36. The quantitative estimate of drug-likeness (QED) is 0.320. The minimum Gasteiger partial charge on any atom is -0.468 e. The third kappa shape index (κ3) is 4.58. The highest BCUT2D eigenvalue weighted by Gasteiger charge is 2.54. The van der Waals surface area contributed by atoms with Crippen molar-refractivity contribution in [2.45, 2.75) is 111 Å². The number of hydrogen-bond acceptors (Lipinski definition) is 5. The molecule has 0 aromatic heterocycles. The van der Waals surface area contributed by atoms with Crippen molar-refractivity contribution in [1.29, 1.82) is 0 Å². The summed E-state index contributed by atoms with van der Waals surface area (Å²) in [6.07, 6.45) is 10.9. The van der Waals surface area contributed by atoms with Gasteiger partial charge in [0.15, 0.2) is 0 Å². The van der Waals surface area contributed by atoms with E-state index < -0.39 is 0 Å². The molecule has 0 N–H and O–H groups in total. The number of unbranched alkanes of at least 4 members (excludes halogenated alkanes) is 2. The van der Waals surface area contributed by atoms with Crippen molar-refractivity contribution in [3.63, 3.8) is 0 Å².